The summed E-state index contributed by atoms with van der Waals surface area (Å²) in [6, 6.07) is 16.2. The van der Waals surface area contributed by atoms with Crippen molar-refractivity contribution in [2.75, 3.05) is 11.4 Å². The number of hydrogen-bond donors (Lipinski definition) is 0. The molecule has 24 heavy (non-hydrogen) atoms. The smallest absolute Gasteiger partial charge is 0.281 e. The highest BCUT2D eigenvalue weighted by Crippen LogP contribution is 2.25. The van der Waals surface area contributed by atoms with Gasteiger partial charge in [0.2, 0.25) is 0 Å². The Morgan fingerprint density at radius 3 is 2.33 bits per heavy atom. The third-order valence-corrected chi connectivity index (χ3v) is 4.36. The number of carbonyl (C=O) groups is 2. The molecule has 2 aromatic rings. The first-order chi connectivity index (χ1) is 11.6. The van der Waals surface area contributed by atoms with Gasteiger partial charge in [-0.15, -0.1) is 11.6 Å². The van der Waals surface area contributed by atoms with Gasteiger partial charge in [0.25, 0.3) is 11.8 Å². The van der Waals surface area contributed by atoms with Crippen molar-refractivity contribution in [1.29, 1.82) is 0 Å². The number of nitrogens with zero attached hydrogens (tertiary/aromatic N) is 2. The molecule has 0 aromatic heterocycles. The third kappa shape index (κ3) is 3.35. The van der Waals surface area contributed by atoms with E-state index in [2.05, 4.69) is 4.99 Å². The third-order valence-electron chi connectivity index (χ3n) is 3.71. The Hall–Kier alpha value is -2.17. The van der Waals surface area contributed by atoms with E-state index in [0.717, 1.165) is 10.5 Å². The van der Waals surface area contributed by atoms with Crippen LogP contribution in [0, 0.1) is 0 Å². The number of rotatable bonds is 4. The number of halogens is 2. The predicted molar refractivity (Wildman–Crippen MR) is 96.0 cm³/mol. The fourth-order valence-corrected chi connectivity index (χ4v) is 2.87. The summed E-state index contributed by atoms with van der Waals surface area (Å²) in [7, 11) is 0. The topological polar surface area (TPSA) is 49.7 Å². The predicted octanol–water partition coefficient (Wildman–Crippen LogP) is 3.50. The molecule has 1 unspecified atom stereocenters. The number of anilines is 1. The van der Waals surface area contributed by atoms with Crippen molar-refractivity contribution in [2.45, 2.75) is 11.8 Å². The van der Waals surface area contributed by atoms with Crippen LogP contribution in [-0.4, -0.2) is 29.4 Å². The largest absolute Gasteiger partial charge is 0.282 e. The lowest BCUT2D eigenvalue weighted by Gasteiger charge is -2.12. The molecule has 0 aliphatic carbocycles. The normalized spacial score (nSPS) is 19.3. The van der Waals surface area contributed by atoms with Crippen LogP contribution in [0.3, 0.4) is 0 Å². The Morgan fingerprint density at radius 2 is 1.67 bits per heavy atom. The van der Waals surface area contributed by atoms with Crippen LogP contribution < -0.4 is 4.90 Å². The molecule has 122 valence electrons. The van der Waals surface area contributed by atoms with Crippen LogP contribution in [0.25, 0.3) is 0 Å². The number of amides is 2. The van der Waals surface area contributed by atoms with Crippen molar-refractivity contribution in [1.82, 2.24) is 0 Å². The van der Waals surface area contributed by atoms with Gasteiger partial charge in [-0.3, -0.25) is 14.6 Å². The number of hydrogen-bond acceptors (Lipinski definition) is 3. The van der Waals surface area contributed by atoms with Crippen LogP contribution >= 0.6 is 23.2 Å². The van der Waals surface area contributed by atoms with E-state index in [-0.39, 0.29) is 5.71 Å². The molecule has 2 amide bonds. The SMILES string of the molecule is O=C1C(=NCCc2ccccc2)C(Cl)C(=O)N1c1ccc(Cl)cc1. The molecular weight excluding hydrogens is 347 g/mol. The monoisotopic (exact) mass is 360 g/mol. The molecule has 1 aliphatic heterocycles. The number of aliphatic imine (C=N–C) groups is 1. The van der Waals surface area contributed by atoms with Crippen molar-refractivity contribution in [3.05, 3.63) is 65.2 Å². The van der Waals surface area contributed by atoms with E-state index in [0.29, 0.717) is 23.7 Å². The standard InChI is InChI=1S/C18H14Cl2N2O2/c19-13-6-8-14(9-7-13)22-17(23)15(20)16(18(22)24)21-11-10-12-4-2-1-3-5-12/h1-9,15H,10-11H2. The summed E-state index contributed by atoms with van der Waals surface area (Å²) in [5.74, 6) is -0.960. The lowest BCUT2D eigenvalue weighted by atomic mass is 10.1. The lowest BCUT2D eigenvalue weighted by Crippen LogP contribution is -2.31. The fraction of sp³-hybridized carbons (Fsp3) is 0.167. The van der Waals surface area contributed by atoms with Crippen LogP contribution in [0.15, 0.2) is 59.6 Å². The average molecular weight is 361 g/mol. The van der Waals surface area contributed by atoms with Gasteiger partial charge in [0, 0.05) is 11.6 Å². The molecule has 6 heteroatoms. The maximum Gasteiger partial charge on any atom is 0.281 e. The van der Waals surface area contributed by atoms with E-state index in [1.54, 1.807) is 24.3 Å². The Bertz CT molecular complexity index is 788. The number of carbonyl (C=O) groups excluding carboxylic acids is 2. The van der Waals surface area contributed by atoms with E-state index >= 15 is 0 Å². The molecule has 1 aliphatic rings. The summed E-state index contributed by atoms with van der Waals surface area (Å²) >= 11 is 11.9. The minimum absolute atomic E-state index is 0.0903. The lowest BCUT2D eigenvalue weighted by molar-refractivity contribution is -0.120. The summed E-state index contributed by atoms with van der Waals surface area (Å²) in [6.07, 6.45) is 0.677. The summed E-state index contributed by atoms with van der Waals surface area (Å²) in [6.45, 7) is 0.399. The van der Waals surface area contributed by atoms with Crippen molar-refractivity contribution in [3.8, 4) is 0 Å². The summed E-state index contributed by atoms with van der Waals surface area (Å²) < 4.78 is 0. The summed E-state index contributed by atoms with van der Waals surface area (Å²) in [5.41, 5.74) is 1.64. The van der Waals surface area contributed by atoms with Gasteiger partial charge in [-0.25, -0.2) is 4.90 Å². The van der Waals surface area contributed by atoms with Crippen LogP contribution in [0.2, 0.25) is 5.02 Å². The highest BCUT2D eigenvalue weighted by molar-refractivity contribution is 6.68. The first kappa shape index (κ1) is 16.7. The van der Waals surface area contributed by atoms with Gasteiger partial charge in [0.15, 0.2) is 5.38 Å². The van der Waals surface area contributed by atoms with Crippen molar-refractivity contribution in [3.63, 3.8) is 0 Å². The van der Waals surface area contributed by atoms with Crippen LogP contribution in [0.5, 0.6) is 0 Å². The summed E-state index contributed by atoms with van der Waals surface area (Å²) in [5, 5.41) is -0.527. The highest BCUT2D eigenvalue weighted by atomic mass is 35.5. The molecule has 1 heterocycles. The average Bonchev–Trinajstić information content (AvgIpc) is 2.80. The van der Waals surface area contributed by atoms with Crippen LogP contribution in [0.1, 0.15) is 5.56 Å². The summed E-state index contributed by atoms with van der Waals surface area (Å²) in [4.78, 5) is 30.1. The quantitative estimate of drug-likeness (QED) is 0.618. The molecular formula is C18H14Cl2N2O2. The molecule has 3 rings (SSSR count). The van der Waals surface area contributed by atoms with Crippen molar-refractivity contribution in [2.24, 2.45) is 4.99 Å². The minimum atomic E-state index is -1.05. The molecule has 0 bridgehead atoms. The van der Waals surface area contributed by atoms with Gasteiger partial charge in [-0.05, 0) is 36.2 Å². The molecule has 1 saturated heterocycles. The second-order valence-electron chi connectivity index (χ2n) is 5.32. The molecule has 0 saturated carbocycles. The van der Waals surface area contributed by atoms with E-state index < -0.39 is 17.2 Å². The number of benzene rings is 2. The van der Waals surface area contributed by atoms with Gasteiger partial charge in [-0.1, -0.05) is 41.9 Å². The Kier molecular flexibility index (Phi) is 4.97. The second-order valence-corrected chi connectivity index (χ2v) is 6.19. The molecule has 1 fully saturated rings. The number of alkyl halides is 1. The molecule has 2 aromatic carbocycles. The van der Waals surface area contributed by atoms with Gasteiger partial charge in [0.05, 0.1) is 5.69 Å². The molecule has 1 atom stereocenters. The zero-order valence-electron chi connectivity index (χ0n) is 12.7. The van der Waals surface area contributed by atoms with E-state index in [1.807, 2.05) is 30.3 Å². The second kappa shape index (κ2) is 7.16. The Labute approximate surface area is 149 Å². The van der Waals surface area contributed by atoms with Gasteiger partial charge in [-0.2, -0.15) is 0 Å². The zero-order chi connectivity index (χ0) is 17.1. The molecule has 4 nitrogen and oxygen atoms in total. The molecule has 0 spiro atoms. The van der Waals surface area contributed by atoms with Crippen molar-refractivity contribution >= 4 is 46.4 Å². The zero-order valence-corrected chi connectivity index (χ0v) is 14.2. The van der Waals surface area contributed by atoms with E-state index in [9.17, 15) is 9.59 Å². The Balaban J connectivity index is 1.77. The van der Waals surface area contributed by atoms with Crippen LogP contribution in [0.4, 0.5) is 5.69 Å². The highest BCUT2D eigenvalue weighted by Gasteiger charge is 2.44. The maximum atomic E-state index is 12.5. The van der Waals surface area contributed by atoms with Gasteiger partial charge >= 0.3 is 0 Å². The first-order valence-corrected chi connectivity index (χ1v) is 8.25. The minimum Gasteiger partial charge on any atom is -0.282 e. The van der Waals surface area contributed by atoms with Gasteiger partial charge in [0.1, 0.15) is 5.71 Å². The van der Waals surface area contributed by atoms with E-state index in [4.69, 9.17) is 23.2 Å². The maximum absolute atomic E-state index is 12.5. The van der Waals surface area contributed by atoms with E-state index in [1.165, 1.54) is 0 Å². The van der Waals surface area contributed by atoms with Crippen molar-refractivity contribution < 1.29 is 9.59 Å². The van der Waals surface area contributed by atoms with Crippen LogP contribution in [-0.2, 0) is 16.0 Å². The molecule has 0 N–H and O–H groups in total. The fourth-order valence-electron chi connectivity index (χ4n) is 2.49. The number of imide groups is 1. The Morgan fingerprint density at radius 1 is 1.00 bits per heavy atom. The molecule has 0 radical (unpaired) electrons. The van der Waals surface area contributed by atoms with Gasteiger partial charge < -0.3 is 0 Å². The first-order valence-electron chi connectivity index (χ1n) is 7.44.